The minimum atomic E-state index is -0.197. The second-order valence-corrected chi connectivity index (χ2v) is 10.6. The Morgan fingerprint density at radius 3 is 2.18 bits per heavy atom. The van der Waals surface area contributed by atoms with Gasteiger partial charge in [0, 0.05) is 0 Å². The molecule has 2 aromatic carbocycles. The summed E-state index contributed by atoms with van der Waals surface area (Å²) < 4.78 is 12.2. The summed E-state index contributed by atoms with van der Waals surface area (Å²) in [6.07, 6.45) is 1.59. The van der Waals surface area contributed by atoms with Crippen LogP contribution in [-0.2, 0) is 10.2 Å². The van der Waals surface area contributed by atoms with Gasteiger partial charge in [-0.15, -0.1) is 10.2 Å². The van der Waals surface area contributed by atoms with Crippen molar-refractivity contribution in [2.24, 2.45) is 5.10 Å². The lowest BCUT2D eigenvalue weighted by Crippen LogP contribution is -2.19. The van der Waals surface area contributed by atoms with Gasteiger partial charge in [0.2, 0.25) is 0 Å². The molecule has 1 amide bonds. The zero-order valence-corrected chi connectivity index (χ0v) is 20.8. The molecule has 0 unspecified atom stereocenters. The number of carbonyl (C=O) groups is 1. The van der Waals surface area contributed by atoms with Crippen LogP contribution in [0.1, 0.15) is 36.9 Å². The van der Waals surface area contributed by atoms with E-state index < -0.39 is 0 Å². The molecule has 3 aromatic rings. The first kappa shape index (κ1) is 24.7. The van der Waals surface area contributed by atoms with E-state index in [4.69, 9.17) is 9.47 Å². The van der Waals surface area contributed by atoms with Gasteiger partial charge in [0.05, 0.1) is 12.0 Å². The Labute approximate surface area is 202 Å². The first-order valence-electron chi connectivity index (χ1n) is 10.5. The van der Waals surface area contributed by atoms with Crippen molar-refractivity contribution >= 4 is 35.2 Å². The highest BCUT2D eigenvalue weighted by atomic mass is 32.2. The van der Waals surface area contributed by atoms with Gasteiger partial charge in [0.25, 0.3) is 5.91 Å². The van der Waals surface area contributed by atoms with E-state index in [1.54, 1.807) is 6.21 Å². The van der Waals surface area contributed by atoms with Crippen LogP contribution in [0.5, 0.6) is 11.5 Å². The third-order valence-electron chi connectivity index (χ3n) is 4.46. The van der Waals surface area contributed by atoms with Gasteiger partial charge in [0.15, 0.2) is 4.34 Å². The van der Waals surface area contributed by atoms with Crippen LogP contribution in [0.2, 0.25) is 0 Å². The Balaban J connectivity index is 1.34. The first-order valence-corrected chi connectivity index (χ1v) is 12.3. The molecule has 1 heterocycles. The number of aryl methyl sites for hydroxylation is 1. The summed E-state index contributed by atoms with van der Waals surface area (Å²) in [6, 6.07) is 15.6. The highest BCUT2D eigenvalue weighted by Gasteiger charge is 2.12. The number of amides is 1. The van der Waals surface area contributed by atoms with E-state index in [-0.39, 0.29) is 17.1 Å². The summed E-state index contributed by atoms with van der Waals surface area (Å²) in [4.78, 5) is 11.9. The zero-order chi connectivity index (χ0) is 23.7. The molecule has 174 valence electrons. The normalized spacial score (nSPS) is 11.5. The molecule has 1 aromatic heterocycles. The third-order valence-corrected chi connectivity index (χ3v) is 6.43. The van der Waals surface area contributed by atoms with Gasteiger partial charge in [0.1, 0.15) is 29.7 Å². The third kappa shape index (κ3) is 8.51. The van der Waals surface area contributed by atoms with Crippen molar-refractivity contribution < 1.29 is 14.3 Å². The van der Waals surface area contributed by atoms with E-state index in [1.807, 2.05) is 43.3 Å². The maximum absolute atomic E-state index is 11.9. The Hall–Kier alpha value is -2.91. The van der Waals surface area contributed by atoms with Crippen LogP contribution in [0, 0.1) is 6.92 Å². The summed E-state index contributed by atoms with van der Waals surface area (Å²) in [5.41, 5.74) is 4.76. The zero-order valence-electron chi connectivity index (χ0n) is 19.2. The molecule has 0 radical (unpaired) electrons. The topological polar surface area (TPSA) is 85.7 Å². The molecule has 0 fully saturated rings. The predicted octanol–water partition coefficient (Wildman–Crippen LogP) is 4.84. The molecule has 0 aliphatic carbocycles. The fourth-order valence-corrected chi connectivity index (χ4v) is 4.30. The molecular weight excluding hydrogens is 456 g/mol. The second kappa shape index (κ2) is 11.8. The molecular formula is C24H28N4O3S2. The lowest BCUT2D eigenvalue weighted by molar-refractivity contribution is -0.118. The van der Waals surface area contributed by atoms with Crippen LogP contribution >= 0.6 is 23.1 Å². The van der Waals surface area contributed by atoms with Crippen molar-refractivity contribution in [2.75, 3.05) is 19.0 Å². The molecule has 7 nitrogen and oxygen atoms in total. The van der Waals surface area contributed by atoms with Gasteiger partial charge in [-0.25, -0.2) is 5.43 Å². The number of hydrogen-bond donors (Lipinski definition) is 1. The number of nitrogens with one attached hydrogen (secondary N) is 1. The van der Waals surface area contributed by atoms with Gasteiger partial charge in [-0.1, -0.05) is 56.0 Å². The highest BCUT2D eigenvalue weighted by molar-refractivity contribution is 8.01. The number of hydrogen-bond acceptors (Lipinski definition) is 8. The summed E-state index contributed by atoms with van der Waals surface area (Å²) in [7, 11) is 0. The van der Waals surface area contributed by atoms with Crippen molar-refractivity contribution in [3.8, 4) is 11.5 Å². The van der Waals surface area contributed by atoms with Crippen LogP contribution in [-0.4, -0.2) is 41.3 Å². The summed E-state index contributed by atoms with van der Waals surface area (Å²) in [6.45, 7) is 9.34. The van der Waals surface area contributed by atoms with Crippen molar-refractivity contribution in [1.82, 2.24) is 15.6 Å². The van der Waals surface area contributed by atoms with Crippen LogP contribution < -0.4 is 14.9 Å². The minimum Gasteiger partial charge on any atom is -0.490 e. The standard InChI is InChI=1S/C24H28N4O3S2/c1-17-26-28-23(33-17)32-16-22(29)27-25-15-18-5-9-20(10-6-18)30-13-14-31-21-11-7-19(8-12-21)24(2,3)4/h5-12,15H,13-14,16H2,1-4H3,(H,27,29)/b25-15+. The Morgan fingerprint density at radius 1 is 1.03 bits per heavy atom. The van der Waals surface area contributed by atoms with E-state index in [1.165, 1.54) is 28.7 Å². The minimum absolute atomic E-state index is 0.127. The lowest BCUT2D eigenvalue weighted by atomic mass is 9.87. The van der Waals surface area contributed by atoms with Crippen molar-refractivity contribution in [3.63, 3.8) is 0 Å². The van der Waals surface area contributed by atoms with E-state index in [2.05, 4.69) is 53.6 Å². The molecule has 0 aliphatic heterocycles. The Morgan fingerprint density at radius 2 is 1.64 bits per heavy atom. The predicted molar refractivity (Wildman–Crippen MR) is 134 cm³/mol. The van der Waals surface area contributed by atoms with E-state index in [0.29, 0.717) is 13.2 Å². The number of aromatic nitrogens is 2. The van der Waals surface area contributed by atoms with Crippen LogP contribution in [0.3, 0.4) is 0 Å². The van der Waals surface area contributed by atoms with Gasteiger partial charge < -0.3 is 9.47 Å². The number of benzene rings is 2. The number of ether oxygens (including phenoxy) is 2. The van der Waals surface area contributed by atoms with Gasteiger partial charge in [-0.05, 0) is 59.9 Å². The van der Waals surface area contributed by atoms with Gasteiger partial charge in [-0.2, -0.15) is 5.10 Å². The molecule has 0 spiro atoms. The lowest BCUT2D eigenvalue weighted by Gasteiger charge is -2.19. The van der Waals surface area contributed by atoms with E-state index in [9.17, 15) is 4.79 Å². The molecule has 0 saturated heterocycles. The van der Waals surface area contributed by atoms with Gasteiger partial charge in [-0.3, -0.25) is 4.79 Å². The molecule has 0 aliphatic rings. The maximum atomic E-state index is 11.9. The SMILES string of the molecule is Cc1nnc(SCC(=O)N/N=C/c2ccc(OCCOc3ccc(C(C)(C)C)cc3)cc2)s1. The molecule has 33 heavy (non-hydrogen) atoms. The molecule has 1 N–H and O–H groups in total. The summed E-state index contributed by atoms with van der Waals surface area (Å²) in [5, 5.41) is 12.8. The molecule has 0 saturated carbocycles. The average molecular weight is 485 g/mol. The van der Waals surface area contributed by atoms with E-state index in [0.717, 1.165) is 26.4 Å². The molecule has 0 atom stereocenters. The summed E-state index contributed by atoms with van der Waals surface area (Å²) >= 11 is 2.80. The maximum Gasteiger partial charge on any atom is 0.250 e. The number of thioether (sulfide) groups is 1. The monoisotopic (exact) mass is 484 g/mol. The quantitative estimate of drug-likeness (QED) is 0.192. The van der Waals surface area contributed by atoms with Crippen molar-refractivity contribution in [2.45, 2.75) is 37.4 Å². The second-order valence-electron chi connectivity index (χ2n) is 8.21. The Bertz CT molecular complexity index is 1060. The van der Waals surface area contributed by atoms with Crippen molar-refractivity contribution in [3.05, 3.63) is 64.7 Å². The van der Waals surface area contributed by atoms with Crippen LogP contribution in [0.15, 0.2) is 58.0 Å². The largest absolute Gasteiger partial charge is 0.490 e. The molecule has 9 heteroatoms. The summed E-state index contributed by atoms with van der Waals surface area (Å²) in [5.74, 6) is 1.61. The van der Waals surface area contributed by atoms with Gasteiger partial charge >= 0.3 is 0 Å². The van der Waals surface area contributed by atoms with Crippen molar-refractivity contribution in [1.29, 1.82) is 0 Å². The Kier molecular flexibility index (Phi) is 8.85. The molecule has 0 bridgehead atoms. The number of carbonyl (C=O) groups excluding carboxylic acids is 1. The van der Waals surface area contributed by atoms with Crippen LogP contribution in [0.25, 0.3) is 0 Å². The van der Waals surface area contributed by atoms with Crippen LogP contribution in [0.4, 0.5) is 0 Å². The molecule has 3 rings (SSSR count). The first-order chi connectivity index (χ1) is 15.8. The number of hydrazone groups is 1. The number of rotatable bonds is 10. The fourth-order valence-electron chi connectivity index (χ4n) is 2.70. The number of nitrogens with zero attached hydrogens (tertiary/aromatic N) is 3. The highest BCUT2D eigenvalue weighted by Crippen LogP contribution is 2.24. The smallest absolute Gasteiger partial charge is 0.250 e. The van der Waals surface area contributed by atoms with E-state index >= 15 is 0 Å². The fraction of sp³-hybridized carbons (Fsp3) is 0.333. The average Bonchev–Trinajstić information content (AvgIpc) is 3.21.